The predicted molar refractivity (Wildman–Crippen MR) is 70.3 cm³/mol. The zero-order valence-corrected chi connectivity index (χ0v) is 10.9. The minimum atomic E-state index is 0.408. The van der Waals surface area contributed by atoms with Crippen LogP contribution in [-0.4, -0.2) is 4.98 Å². The molecule has 2 aromatic rings. The fourth-order valence-corrected chi connectivity index (χ4v) is 2.39. The number of benzene rings is 1. The lowest BCUT2D eigenvalue weighted by Gasteiger charge is -2.11. The SMILES string of the molecule is Cc1cc(C)c2cc(C(C)C)c(Cl)nc2c1. The van der Waals surface area contributed by atoms with Gasteiger partial charge in [0.1, 0.15) is 5.15 Å². The quantitative estimate of drug-likeness (QED) is 0.655. The van der Waals surface area contributed by atoms with Gasteiger partial charge in [-0.3, -0.25) is 0 Å². The van der Waals surface area contributed by atoms with Crippen LogP contribution >= 0.6 is 11.6 Å². The second-order valence-electron chi connectivity index (χ2n) is 4.67. The van der Waals surface area contributed by atoms with Gasteiger partial charge in [-0.2, -0.15) is 0 Å². The number of fused-ring (bicyclic) bond motifs is 1. The lowest BCUT2D eigenvalue weighted by Crippen LogP contribution is -1.94. The standard InChI is InChI=1S/C14H16ClN/c1-8(2)11-7-12-10(4)5-9(3)6-13(12)16-14(11)15/h5-8H,1-4H3. The van der Waals surface area contributed by atoms with Gasteiger partial charge in [0.15, 0.2) is 0 Å². The molecule has 1 aromatic carbocycles. The molecule has 0 amide bonds. The summed E-state index contributed by atoms with van der Waals surface area (Å²) in [7, 11) is 0. The number of rotatable bonds is 1. The summed E-state index contributed by atoms with van der Waals surface area (Å²) >= 11 is 6.19. The van der Waals surface area contributed by atoms with Gasteiger partial charge in [0.2, 0.25) is 0 Å². The molecule has 0 atom stereocenters. The van der Waals surface area contributed by atoms with Crippen LogP contribution in [0.15, 0.2) is 18.2 Å². The summed E-state index contributed by atoms with van der Waals surface area (Å²) < 4.78 is 0. The van der Waals surface area contributed by atoms with Crippen LogP contribution in [0.1, 0.15) is 36.5 Å². The highest BCUT2D eigenvalue weighted by Gasteiger charge is 2.09. The van der Waals surface area contributed by atoms with E-state index in [1.807, 2.05) is 0 Å². The fraction of sp³-hybridized carbons (Fsp3) is 0.357. The summed E-state index contributed by atoms with van der Waals surface area (Å²) in [4.78, 5) is 4.48. The lowest BCUT2D eigenvalue weighted by molar-refractivity contribution is 0.862. The van der Waals surface area contributed by atoms with Crippen LogP contribution in [0.2, 0.25) is 5.15 Å². The first-order chi connectivity index (χ1) is 7.49. The van der Waals surface area contributed by atoms with Crippen molar-refractivity contribution < 1.29 is 0 Å². The number of nitrogens with zero attached hydrogens (tertiary/aromatic N) is 1. The monoisotopic (exact) mass is 233 g/mol. The first-order valence-electron chi connectivity index (χ1n) is 5.56. The molecular weight excluding hydrogens is 218 g/mol. The van der Waals surface area contributed by atoms with E-state index in [9.17, 15) is 0 Å². The third-order valence-electron chi connectivity index (χ3n) is 2.89. The molecule has 0 aliphatic rings. The van der Waals surface area contributed by atoms with E-state index in [1.165, 1.54) is 16.5 Å². The van der Waals surface area contributed by atoms with E-state index >= 15 is 0 Å². The van der Waals surface area contributed by atoms with Crippen LogP contribution in [0.3, 0.4) is 0 Å². The summed E-state index contributed by atoms with van der Waals surface area (Å²) in [6.45, 7) is 8.48. The third-order valence-corrected chi connectivity index (χ3v) is 3.19. The lowest BCUT2D eigenvalue weighted by atomic mass is 10.00. The van der Waals surface area contributed by atoms with Crippen LogP contribution in [0.4, 0.5) is 0 Å². The van der Waals surface area contributed by atoms with E-state index in [1.54, 1.807) is 0 Å². The van der Waals surface area contributed by atoms with Crippen molar-refractivity contribution in [1.82, 2.24) is 4.98 Å². The van der Waals surface area contributed by atoms with E-state index in [4.69, 9.17) is 11.6 Å². The highest BCUT2D eigenvalue weighted by molar-refractivity contribution is 6.30. The van der Waals surface area contributed by atoms with Crippen LogP contribution < -0.4 is 0 Å². The van der Waals surface area contributed by atoms with Crippen molar-refractivity contribution >= 4 is 22.5 Å². The number of pyridine rings is 1. The number of aromatic nitrogens is 1. The van der Waals surface area contributed by atoms with Gasteiger partial charge in [0.05, 0.1) is 5.52 Å². The average molecular weight is 234 g/mol. The molecule has 0 saturated heterocycles. The van der Waals surface area contributed by atoms with Crippen LogP contribution in [0.5, 0.6) is 0 Å². The Balaban J connectivity index is 2.79. The number of aryl methyl sites for hydroxylation is 2. The molecular formula is C14H16ClN. The molecule has 0 aliphatic carbocycles. The Morgan fingerprint density at radius 1 is 1.12 bits per heavy atom. The summed E-state index contributed by atoms with van der Waals surface area (Å²) in [5, 5.41) is 1.84. The minimum Gasteiger partial charge on any atom is -0.236 e. The zero-order chi connectivity index (χ0) is 11.9. The second-order valence-corrected chi connectivity index (χ2v) is 5.03. The van der Waals surface area contributed by atoms with Crippen LogP contribution in [-0.2, 0) is 0 Å². The Hall–Kier alpha value is -1.08. The largest absolute Gasteiger partial charge is 0.236 e. The molecule has 0 radical (unpaired) electrons. The first-order valence-corrected chi connectivity index (χ1v) is 5.94. The summed E-state index contributed by atoms with van der Waals surface area (Å²) in [5.41, 5.74) is 4.61. The van der Waals surface area contributed by atoms with Gasteiger partial charge in [-0.25, -0.2) is 4.98 Å². The first kappa shape index (κ1) is 11.4. The fourth-order valence-electron chi connectivity index (χ4n) is 2.03. The molecule has 1 aromatic heterocycles. The molecule has 0 bridgehead atoms. The van der Waals surface area contributed by atoms with Crippen molar-refractivity contribution in [2.75, 3.05) is 0 Å². The Morgan fingerprint density at radius 2 is 1.81 bits per heavy atom. The Kier molecular flexibility index (Phi) is 2.90. The Bertz CT molecular complexity index is 544. The number of hydrogen-bond acceptors (Lipinski definition) is 1. The highest BCUT2D eigenvalue weighted by atomic mass is 35.5. The molecule has 0 fully saturated rings. The van der Waals surface area contributed by atoms with E-state index in [0.717, 1.165) is 11.1 Å². The Labute approximate surface area is 101 Å². The predicted octanol–water partition coefficient (Wildman–Crippen LogP) is 4.63. The maximum absolute atomic E-state index is 6.19. The van der Waals surface area contributed by atoms with E-state index in [2.05, 4.69) is 50.9 Å². The molecule has 0 N–H and O–H groups in total. The van der Waals surface area contributed by atoms with E-state index in [-0.39, 0.29) is 0 Å². The van der Waals surface area contributed by atoms with Gasteiger partial charge in [-0.1, -0.05) is 31.5 Å². The van der Waals surface area contributed by atoms with Crippen molar-refractivity contribution in [2.24, 2.45) is 0 Å². The summed E-state index contributed by atoms with van der Waals surface area (Å²) in [5.74, 6) is 0.408. The minimum absolute atomic E-state index is 0.408. The molecule has 0 aliphatic heterocycles. The molecule has 2 rings (SSSR count). The van der Waals surface area contributed by atoms with Crippen LogP contribution in [0, 0.1) is 13.8 Å². The van der Waals surface area contributed by atoms with Gasteiger partial charge < -0.3 is 0 Å². The topological polar surface area (TPSA) is 12.9 Å². The molecule has 0 saturated carbocycles. The molecule has 84 valence electrons. The molecule has 2 heteroatoms. The maximum atomic E-state index is 6.19. The van der Waals surface area contributed by atoms with Gasteiger partial charge in [0.25, 0.3) is 0 Å². The number of hydrogen-bond donors (Lipinski definition) is 0. The van der Waals surface area contributed by atoms with Gasteiger partial charge in [-0.15, -0.1) is 0 Å². The highest BCUT2D eigenvalue weighted by Crippen LogP contribution is 2.28. The molecule has 1 nitrogen and oxygen atoms in total. The number of halogens is 1. The normalized spacial score (nSPS) is 11.4. The molecule has 0 spiro atoms. The van der Waals surface area contributed by atoms with Crippen molar-refractivity contribution in [3.63, 3.8) is 0 Å². The van der Waals surface area contributed by atoms with Crippen molar-refractivity contribution in [2.45, 2.75) is 33.6 Å². The van der Waals surface area contributed by atoms with Crippen molar-refractivity contribution in [3.05, 3.63) is 40.0 Å². The molecule has 16 heavy (non-hydrogen) atoms. The summed E-state index contributed by atoms with van der Waals surface area (Å²) in [6, 6.07) is 6.43. The smallest absolute Gasteiger partial charge is 0.133 e. The molecule has 0 unspecified atom stereocenters. The Morgan fingerprint density at radius 3 is 2.44 bits per heavy atom. The van der Waals surface area contributed by atoms with E-state index < -0.39 is 0 Å². The van der Waals surface area contributed by atoms with E-state index in [0.29, 0.717) is 11.1 Å². The summed E-state index contributed by atoms with van der Waals surface area (Å²) in [6.07, 6.45) is 0. The maximum Gasteiger partial charge on any atom is 0.133 e. The van der Waals surface area contributed by atoms with Crippen LogP contribution in [0.25, 0.3) is 10.9 Å². The second kappa shape index (κ2) is 4.06. The van der Waals surface area contributed by atoms with Gasteiger partial charge >= 0.3 is 0 Å². The van der Waals surface area contributed by atoms with Gasteiger partial charge in [-0.05, 0) is 48.6 Å². The molecule has 1 heterocycles. The van der Waals surface area contributed by atoms with Gasteiger partial charge in [0, 0.05) is 5.39 Å². The van der Waals surface area contributed by atoms with Crippen molar-refractivity contribution in [1.29, 1.82) is 0 Å². The average Bonchev–Trinajstić information content (AvgIpc) is 2.15. The zero-order valence-electron chi connectivity index (χ0n) is 10.1. The third kappa shape index (κ3) is 1.92. The van der Waals surface area contributed by atoms with Crippen molar-refractivity contribution in [3.8, 4) is 0 Å².